The number of aliphatic imine (C=N–C) groups is 1. The lowest BCUT2D eigenvalue weighted by molar-refractivity contribution is -0.0851. The van der Waals surface area contributed by atoms with E-state index in [-0.39, 0.29) is 11.5 Å². The topological polar surface area (TPSA) is 59.6 Å². The van der Waals surface area contributed by atoms with Crippen molar-refractivity contribution in [2.24, 2.45) is 16.1 Å². The number of ether oxygens (including phenoxy) is 1. The van der Waals surface area contributed by atoms with Gasteiger partial charge in [0.05, 0.1) is 12.1 Å². The third-order valence-electron chi connectivity index (χ3n) is 3.14. The highest BCUT2D eigenvalue weighted by molar-refractivity contribution is 5.78. The highest BCUT2D eigenvalue weighted by Gasteiger charge is 2.48. The second-order valence-corrected chi connectivity index (χ2v) is 5.11. The molecule has 15 heavy (non-hydrogen) atoms. The van der Waals surface area contributed by atoms with Crippen LogP contribution >= 0.6 is 0 Å². The van der Waals surface area contributed by atoms with Crippen molar-refractivity contribution in [2.45, 2.75) is 52.3 Å². The van der Waals surface area contributed by atoms with E-state index in [9.17, 15) is 0 Å². The molecule has 4 nitrogen and oxygen atoms in total. The molecule has 0 aromatic heterocycles. The van der Waals surface area contributed by atoms with E-state index in [1.807, 2.05) is 13.8 Å². The van der Waals surface area contributed by atoms with Crippen molar-refractivity contribution >= 4 is 5.96 Å². The van der Waals surface area contributed by atoms with Crippen LogP contribution in [-0.4, -0.2) is 31.3 Å². The van der Waals surface area contributed by atoms with Crippen LogP contribution in [-0.2, 0) is 4.74 Å². The average Bonchev–Trinajstić information content (AvgIpc) is 2.10. The Morgan fingerprint density at radius 3 is 2.53 bits per heavy atom. The lowest BCUT2D eigenvalue weighted by atomic mass is 9.65. The molecule has 2 unspecified atom stereocenters. The van der Waals surface area contributed by atoms with Crippen LogP contribution in [0.3, 0.4) is 0 Å². The molecule has 0 aliphatic heterocycles. The smallest absolute Gasteiger partial charge is 0.189 e. The van der Waals surface area contributed by atoms with Gasteiger partial charge in [-0.2, -0.15) is 0 Å². The second-order valence-electron chi connectivity index (χ2n) is 5.11. The molecule has 1 aliphatic carbocycles. The zero-order chi connectivity index (χ0) is 11.6. The fourth-order valence-electron chi connectivity index (χ4n) is 1.98. The first-order chi connectivity index (χ1) is 6.87. The van der Waals surface area contributed by atoms with Gasteiger partial charge in [-0.05, 0) is 20.3 Å². The summed E-state index contributed by atoms with van der Waals surface area (Å²) >= 11 is 0. The maximum atomic E-state index is 5.79. The molecule has 0 spiro atoms. The molecule has 0 radical (unpaired) electrons. The fourth-order valence-corrected chi connectivity index (χ4v) is 1.98. The zero-order valence-corrected chi connectivity index (χ0v) is 10.4. The van der Waals surface area contributed by atoms with Crippen LogP contribution in [0.1, 0.15) is 34.1 Å². The molecule has 3 N–H and O–H groups in total. The van der Waals surface area contributed by atoms with Crippen LogP contribution in [0.2, 0.25) is 0 Å². The summed E-state index contributed by atoms with van der Waals surface area (Å²) < 4.78 is 5.36. The summed E-state index contributed by atoms with van der Waals surface area (Å²) in [5, 5.41) is 3.10. The molecular formula is C11H23N3O. The molecule has 0 aromatic carbocycles. The number of nitrogens with two attached hydrogens (primary N) is 1. The molecule has 0 heterocycles. The second kappa shape index (κ2) is 4.39. The van der Waals surface area contributed by atoms with E-state index in [1.165, 1.54) is 0 Å². The van der Waals surface area contributed by atoms with Crippen LogP contribution in [0.15, 0.2) is 4.99 Å². The average molecular weight is 213 g/mol. The molecule has 1 rings (SSSR count). The summed E-state index contributed by atoms with van der Waals surface area (Å²) in [6.07, 6.45) is 1.27. The van der Waals surface area contributed by atoms with Gasteiger partial charge < -0.3 is 15.8 Å². The van der Waals surface area contributed by atoms with Gasteiger partial charge in [0.2, 0.25) is 0 Å². The SMILES string of the molecule is COC1CC(N=C(N)NC(C)C)C1(C)C. The maximum absolute atomic E-state index is 5.79. The Bertz CT molecular complexity index is 248. The number of rotatable bonds is 3. The van der Waals surface area contributed by atoms with Crippen LogP contribution in [0.4, 0.5) is 0 Å². The molecule has 0 saturated heterocycles. The summed E-state index contributed by atoms with van der Waals surface area (Å²) in [5.74, 6) is 0.539. The maximum Gasteiger partial charge on any atom is 0.189 e. The molecule has 4 heteroatoms. The van der Waals surface area contributed by atoms with Gasteiger partial charge in [0, 0.05) is 18.6 Å². The van der Waals surface area contributed by atoms with Gasteiger partial charge >= 0.3 is 0 Å². The number of hydrogen-bond donors (Lipinski definition) is 2. The summed E-state index contributed by atoms with van der Waals surface area (Å²) in [6, 6.07) is 0.601. The molecule has 0 aromatic rings. The lowest BCUT2D eigenvalue weighted by Crippen LogP contribution is -2.54. The van der Waals surface area contributed by atoms with Gasteiger partial charge in [-0.15, -0.1) is 0 Å². The van der Waals surface area contributed by atoms with E-state index < -0.39 is 0 Å². The molecule has 0 amide bonds. The lowest BCUT2D eigenvalue weighted by Gasteiger charge is -2.49. The quantitative estimate of drug-likeness (QED) is 0.545. The first-order valence-corrected chi connectivity index (χ1v) is 5.50. The zero-order valence-electron chi connectivity index (χ0n) is 10.4. The van der Waals surface area contributed by atoms with Gasteiger partial charge in [0.15, 0.2) is 5.96 Å². The Labute approximate surface area is 92.3 Å². The van der Waals surface area contributed by atoms with E-state index in [2.05, 4.69) is 24.2 Å². The van der Waals surface area contributed by atoms with Gasteiger partial charge in [0.25, 0.3) is 0 Å². The predicted octanol–water partition coefficient (Wildman–Crippen LogP) is 1.11. The van der Waals surface area contributed by atoms with E-state index in [0.717, 1.165) is 6.42 Å². The Balaban J connectivity index is 2.54. The van der Waals surface area contributed by atoms with Gasteiger partial charge in [0.1, 0.15) is 0 Å². The van der Waals surface area contributed by atoms with Crippen molar-refractivity contribution in [1.82, 2.24) is 5.32 Å². The number of hydrogen-bond acceptors (Lipinski definition) is 2. The number of guanidine groups is 1. The number of methoxy groups -OCH3 is 1. The van der Waals surface area contributed by atoms with E-state index in [1.54, 1.807) is 7.11 Å². The van der Waals surface area contributed by atoms with Crippen molar-refractivity contribution in [3.05, 3.63) is 0 Å². The highest BCUT2D eigenvalue weighted by atomic mass is 16.5. The molecule has 1 fully saturated rings. The summed E-state index contributed by atoms with van der Waals surface area (Å²) in [6.45, 7) is 8.43. The molecular weight excluding hydrogens is 190 g/mol. The first kappa shape index (κ1) is 12.3. The first-order valence-electron chi connectivity index (χ1n) is 5.50. The third kappa shape index (κ3) is 2.62. The van der Waals surface area contributed by atoms with Gasteiger partial charge in [-0.25, -0.2) is 4.99 Å². The van der Waals surface area contributed by atoms with Crippen molar-refractivity contribution in [2.75, 3.05) is 7.11 Å². The Hall–Kier alpha value is -0.770. The van der Waals surface area contributed by atoms with Crippen molar-refractivity contribution in [3.8, 4) is 0 Å². The van der Waals surface area contributed by atoms with Crippen LogP contribution in [0.25, 0.3) is 0 Å². The van der Waals surface area contributed by atoms with Gasteiger partial charge in [-0.3, -0.25) is 0 Å². The monoisotopic (exact) mass is 213 g/mol. The minimum absolute atomic E-state index is 0.0953. The largest absolute Gasteiger partial charge is 0.381 e. The van der Waals surface area contributed by atoms with Crippen LogP contribution < -0.4 is 11.1 Å². The van der Waals surface area contributed by atoms with Crippen LogP contribution in [0, 0.1) is 5.41 Å². The van der Waals surface area contributed by atoms with Crippen molar-refractivity contribution < 1.29 is 4.74 Å². The third-order valence-corrected chi connectivity index (χ3v) is 3.14. The number of nitrogens with one attached hydrogen (secondary N) is 1. The standard InChI is InChI=1S/C11H23N3O/c1-7(2)13-10(12)14-8-6-9(15-5)11(8,3)4/h7-9H,6H2,1-5H3,(H3,12,13,14). The molecule has 2 atom stereocenters. The summed E-state index contributed by atoms with van der Waals surface area (Å²) in [4.78, 5) is 4.48. The van der Waals surface area contributed by atoms with E-state index in [0.29, 0.717) is 18.1 Å². The minimum atomic E-state index is 0.0953. The normalized spacial score (nSPS) is 30.1. The highest BCUT2D eigenvalue weighted by Crippen LogP contribution is 2.44. The Kier molecular flexibility index (Phi) is 3.60. The van der Waals surface area contributed by atoms with Crippen LogP contribution in [0.5, 0.6) is 0 Å². The Morgan fingerprint density at radius 1 is 1.53 bits per heavy atom. The summed E-state index contributed by atoms with van der Waals surface area (Å²) in [5.41, 5.74) is 5.89. The van der Waals surface area contributed by atoms with Crippen molar-refractivity contribution in [1.29, 1.82) is 0 Å². The summed E-state index contributed by atoms with van der Waals surface area (Å²) in [7, 11) is 1.75. The minimum Gasteiger partial charge on any atom is -0.381 e. The molecule has 88 valence electrons. The Morgan fingerprint density at radius 2 is 2.13 bits per heavy atom. The number of nitrogens with zero attached hydrogens (tertiary/aromatic N) is 1. The predicted molar refractivity (Wildman–Crippen MR) is 62.9 cm³/mol. The van der Waals surface area contributed by atoms with Gasteiger partial charge in [-0.1, -0.05) is 13.8 Å². The fraction of sp³-hybridized carbons (Fsp3) is 0.909. The van der Waals surface area contributed by atoms with Crippen molar-refractivity contribution in [3.63, 3.8) is 0 Å². The molecule has 1 aliphatic rings. The van der Waals surface area contributed by atoms with E-state index in [4.69, 9.17) is 10.5 Å². The molecule has 1 saturated carbocycles. The van der Waals surface area contributed by atoms with E-state index >= 15 is 0 Å². The molecule has 0 bridgehead atoms.